The van der Waals surface area contributed by atoms with Crippen molar-refractivity contribution in [2.75, 3.05) is 6.54 Å². The number of nitrogens with one attached hydrogen (secondary N) is 2. The fraction of sp³-hybridized carbons (Fsp3) is 0.211. The lowest BCUT2D eigenvalue weighted by Gasteiger charge is -2.28. The van der Waals surface area contributed by atoms with Crippen LogP contribution in [-0.2, 0) is 25.7 Å². The fourth-order valence-electron chi connectivity index (χ4n) is 2.51. The topological polar surface area (TPSA) is 84.5 Å². The minimum absolute atomic E-state index is 0.0835. The van der Waals surface area contributed by atoms with Crippen LogP contribution < -0.4 is 10.6 Å². The van der Waals surface area contributed by atoms with E-state index in [9.17, 15) is 14.4 Å². The Labute approximate surface area is 145 Å². The lowest BCUT2D eigenvalue weighted by molar-refractivity contribution is -0.151. The predicted molar refractivity (Wildman–Crippen MR) is 90.4 cm³/mol. The summed E-state index contributed by atoms with van der Waals surface area (Å²) in [6.45, 7) is 0.450. The van der Waals surface area contributed by atoms with Gasteiger partial charge in [-0.25, -0.2) is 0 Å². The second-order valence-electron chi connectivity index (χ2n) is 5.74. The Balaban J connectivity index is 1.72. The van der Waals surface area contributed by atoms with Crippen molar-refractivity contribution in [1.29, 1.82) is 0 Å². The van der Waals surface area contributed by atoms with E-state index in [1.807, 2.05) is 30.3 Å². The van der Waals surface area contributed by atoms with Crippen LogP contribution in [0.2, 0.25) is 0 Å². The Morgan fingerprint density at radius 3 is 2.28 bits per heavy atom. The summed E-state index contributed by atoms with van der Waals surface area (Å²) in [5.74, 6) is -2.55. The second-order valence-corrected chi connectivity index (χ2v) is 5.74. The van der Waals surface area contributed by atoms with Gasteiger partial charge in [0.2, 0.25) is 11.8 Å². The van der Waals surface area contributed by atoms with Crippen LogP contribution in [0.3, 0.4) is 0 Å². The number of ether oxygens (including phenoxy) is 1. The number of rotatable bonds is 6. The van der Waals surface area contributed by atoms with E-state index in [4.69, 9.17) is 4.74 Å². The van der Waals surface area contributed by atoms with Gasteiger partial charge in [0, 0.05) is 6.54 Å². The Bertz CT molecular complexity index is 762. The summed E-state index contributed by atoms with van der Waals surface area (Å²) in [6, 6.07) is 17.3. The molecule has 2 amide bonds. The molecule has 1 heterocycles. The summed E-state index contributed by atoms with van der Waals surface area (Å²) in [7, 11) is 0. The van der Waals surface area contributed by atoms with Crippen LogP contribution in [0.5, 0.6) is 0 Å². The highest BCUT2D eigenvalue weighted by Gasteiger charge is 2.35. The van der Waals surface area contributed by atoms with Crippen molar-refractivity contribution in [1.82, 2.24) is 10.6 Å². The molecular weight excluding hydrogens is 320 g/mol. The van der Waals surface area contributed by atoms with E-state index in [0.717, 1.165) is 5.56 Å². The maximum atomic E-state index is 12.6. The van der Waals surface area contributed by atoms with Gasteiger partial charge in [0.1, 0.15) is 12.6 Å². The number of β-lactam (4-membered cyclic amide) rings is 1. The Morgan fingerprint density at radius 2 is 1.72 bits per heavy atom. The molecule has 1 aliphatic rings. The fourth-order valence-corrected chi connectivity index (χ4v) is 2.51. The molecule has 128 valence electrons. The Kier molecular flexibility index (Phi) is 5.09. The highest BCUT2D eigenvalue weighted by atomic mass is 16.5. The van der Waals surface area contributed by atoms with Gasteiger partial charge in [0.05, 0.1) is 0 Å². The lowest BCUT2D eigenvalue weighted by Crippen LogP contribution is -2.62. The summed E-state index contributed by atoms with van der Waals surface area (Å²) >= 11 is 0. The molecule has 6 nitrogen and oxygen atoms in total. The van der Waals surface area contributed by atoms with Crippen LogP contribution in [-0.4, -0.2) is 30.4 Å². The third-order valence-corrected chi connectivity index (χ3v) is 3.97. The van der Waals surface area contributed by atoms with E-state index >= 15 is 0 Å². The molecular formula is C19H18N2O4. The molecule has 0 radical (unpaired) electrons. The highest BCUT2D eigenvalue weighted by Crippen LogP contribution is 2.19. The van der Waals surface area contributed by atoms with Crippen LogP contribution in [0.1, 0.15) is 17.0 Å². The van der Waals surface area contributed by atoms with Gasteiger partial charge in [-0.2, -0.15) is 0 Å². The molecule has 3 rings (SSSR count). The third-order valence-electron chi connectivity index (χ3n) is 3.97. The van der Waals surface area contributed by atoms with Crippen molar-refractivity contribution in [3.63, 3.8) is 0 Å². The van der Waals surface area contributed by atoms with Crippen LogP contribution >= 0.6 is 0 Å². The summed E-state index contributed by atoms with van der Waals surface area (Å²) < 4.78 is 5.33. The number of benzene rings is 2. The van der Waals surface area contributed by atoms with E-state index < -0.39 is 23.8 Å². The maximum absolute atomic E-state index is 12.6. The minimum Gasteiger partial charge on any atom is -0.460 e. The normalized spacial score (nSPS) is 17.0. The molecule has 0 saturated carbocycles. The van der Waals surface area contributed by atoms with Crippen molar-refractivity contribution in [3.05, 3.63) is 71.8 Å². The van der Waals surface area contributed by atoms with Crippen molar-refractivity contribution in [2.45, 2.75) is 18.6 Å². The average molecular weight is 338 g/mol. The molecule has 0 spiro atoms. The minimum atomic E-state index is -1.11. The van der Waals surface area contributed by atoms with Crippen molar-refractivity contribution in [3.8, 4) is 0 Å². The van der Waals surface area contributed by atoms with Crippen molar-refractivity contribution < 1.29 is 19.1 Å². The van der Waals surface area contributed by atoms with Gasteiger partial charge >= 0.3 is 5.97 Å². The van der Waals surface area contributed by atoms with Gasteiger partial charge in [0.15, 0.2) is 5.92 Å². The molecule has 2 aromatic rings. The van der Waals surface area contributed by atoms with E-state index in [1.54, 1.807) is 30.3 Å². The summed E-state index contributed by atoms with van der Waals surface area (Å²) in [5, 5.41) is 5.14. The molecule has 1 fully saturated rings. The Hall–Kier alpha value is -3.15. The average Bonchev–Trinajstić information content (AvgIpc) is 2.65. The van der Waals surface area contributed by atoms with Crippen molar-refractivity contribution in [2.24, 2.45) is 0 Å². The van der Waals surface area contributed by atoms with E-state index in [1.165, 1.54) is 0 Å². The number of amides is 2. The Morgan fingerprint density at radius 1 is 1.08 bits per heavy atom. The van der Waals surface area contributed by atoms with E-state index in [-0.39, 0.29) is 12.5 Å². The number of carbonyl (C=O) groups is 3. The molecule has 25 heavy (non-hydrogen) atoms. The van der Waals surface area contributed by atoms with Gasteiger partial charge in [0.25, 0.3) is 0 Å². The van der Waals surface area contributed by atoms with E-state index in [2.05, 4.69) is 10.6 Å². The molecule has 2 aromatic carbocycles. The number of esters is 1. The quantitative estimate of drug-likeness (QED) is 0.470. The zero-order valence-electron chi connectivity index (χ0n) is 13.5. The lowest BCUT2D eigenvalue weighted by atomic mass is 9.97. The van der Waals surface area contributed by atoms with Gasteiger partial charge in [-0.05, 0) is 11.1 Å². The first-order valence-corrected chi connectivity index (χ1v) is 7.99. The molecule has 0 bridgehead atoms. The zero-order chi connectivity index (χ0) is 17.6. The van der Waals surface area contributed by atoms with Gasteiger partial charge in [-0.15, -0.1) is 0 Å². The SMILES string of the molecule is O=C1NCC1NC(=O)C(C(=O)OCc1ccccc1)c1ccccc1. The first-order chi connectivity index (χ1) is 12.1. The third kappa shape index (κ3) is 4.03. The maximum Gasteiger partial charge on any atom is 0.323 e. The molecule has 2 N–H and O–H groups in total. The highest BCUT2D eigenvalue weighted by molar-refractivity contribution is 6.05. The van der Waals surface area contributed by atoms with Crippen LogP contribution in [0.15, 0.2) is 60.7 Å². The van der Waals surface area contributed by atoms with Crippen LogP contribution in [0.25, 0.3) is 0 Å². The number of hydrogen-bond acceptors (Lipinski definition) is 4. The molecule has 0 aromatic heterocycles. The molecule has 6 heteroatoms. The molecule has 0 aliphatic carbocycles. The molecule has 2 unspecified atom stereocenters. The van der Waals surface area contributed by atoms with E-state index in [0.29, 0.717) is 12.1 Å². The number of carbonyl (C=O) groups excluding carboxylic acids is 3. The van der Waals surface area contributed by atoms with Crippen molar-refractivity contribution >= 4 is 17.8 Å². The van der Waals surface area contributed by atoms with Gasteiger partial charge < -0.3 is 15.4 Å². The summed E-state index contributed by atoms with van der Waals surface area (Å²) in [6.07, 6.45) is 0. The zero-order valence-corrected chi connectivity index (χ0v) is 13.5. The smallest absolute Gasteiger partial charge is 0.323 e. The summed E-state index contributed by atoms with van der Waals surface area (Å²) in [4.78, 5) is 36.5. The molecule has 1 aliphatic heterocycles. The second kappa shape index (κ2) is 7.61. The van der Waals surface area contributed by atoms with Crippen LogP contribution in [0.4, 0.5) is 0 Å². The predicted octanol–water partition coefficient (Wildman–Crippen LogP) is 1.13. The first kappa shape index (κ1) is 16.7. The standard InChI is InChI=1S/C19H18N2O4/c22-17-15(11-20-17)21-18(23)16(14-9-5-2-6-10-14)19(24)25-12-13-7-3-1-4-8-13/h1-10,15-16H,11-12H2,(H,20,22)(H,21,23). The van der Waals surface area contributed by atoms with Gasteiger partial charge in [-0.1, -0.05) is 60.7 Å². The molecule has 1 saturated heterocycles. The van der Waals surface area contributed by atoms with Gasteiger partial charge in [-0.3, -0.25) is 14.4 Å². The first-order valence-electron chi connectivity index (χ1n) is 7.99. The monoisotopic (exact) mass is 338 g/mol. The van der Waals surface area contributed by atoms with Crippen LogP contribution in [0, 0.1) is 0 Å². The summed E-state index contributed by atoms with van der Waals surface area (Å²) in [5.41, 5.74) is 1.36. The molecule has 2 atom stereocenters. The largest absolute Gasteiger partial charge is 0.460 e. The number of hydrogen-bond donors (Lipinski definition) is 2.